The van der Waals surface area contributed by atoms with E-state index in [9.17, 15) is 9.90 Å². The van der Waals surface area contributed by atoms with Gasteiger partial charge in [-0.05, 0) is 47.0 Å². The first-order chi connectivity index (χ1) is 8.63. The maximum atomic E-state index is 10.8. The van der Waals surface area contributed by atoms with Crippen molar-refractivity contribution in [3.63, 3.8) is 0 Å². The molecule has 0 heterocycles. The standard InChI is InChI=1S/C14H18BrNO2/c1-16(13-4-2-3-5-14(13)18)11-7-6-10(9-17)12(15)8-11/h6-9,13-14,18H,2-5H2,1H3. The maximum absolute atomic E-state index is 10.8. The van der Waals surface area contributed by atoms with Crippen molar-refractivity contribution in [1.82, 2.24) is 0 Å². The third-order valence-corrected chi connectivity index (χ3v) is 4.40. The monoisotopic (exact) mass is 311 g/mol. The van der Waals surface area contributed by atoms with E-state index in [4.69, 9.17) is 0 Å². The summed E-state index contributed by atoms with van der Waals surface area (Å²) in [7, 11) is 2.00. The van der Waals surface area contributed by atoms with Gasteiger partial charge in [0.25, 0.3) is 0 Å². The fourth-order valence-corrected chi connectivity index (χ4v) is 3.03. The Labute approximate surface area is 116 Å². The van der Waals surface area contributed by atoms with Gasteiger partial charge in [0.1, 0.15) is 0 Å². The first kappa shape index (κ1) is 13.6. The number of anilines is 1. The summed E-state index contributed by atoms with van der Waals surface area (Å²) >= 11 is 3.39. The minimum atomic E-state index is -0.256. The largest absolute Gasteiger partial charge is 0.391 e. The highest BCUT2D eigenvalue weighted by Gasteiger charge is 2.26. The maximum Gasteiger partial charge on any atom is 0.151 e. The van der Waals surface area contributed by atoms with Gasteiger partial charge < -0.3 is 10.0 Å². The molecule has 1 N–H and O–H groups in total. The van der Waals surface area contributed by atoms with Gasteiger partial charge in [0, 0.05) is 22.8 Å². The first-order valence-electron chi connectivity index (χ1n) is 6.29. The van der Waals surface area contributed by atoms with E-state index in [2.05, 4.69) is 20.8 Å². The summed E-state index contributed by atoms with van der Waals surface area (Å²) in [6, 6.07) is 5.84. The van der Waals surface area contributed by atoms with Crippen LogP contribution in [0.1, 0.15) is 36.0 Å². The van der Waals surface area contributed by atoms with E-state index in [1.165, 1.54) is 6.42 Å². The van der Waals surface area contributed by atoms with Crippen molar-refractivity contribution in [2.75, 3.05) is 11.9 Å². The molecule has 3 nitrogen and oxygen atoms in total. The lowest BCUT2D eigenvalue weighted by Gasteiger charge is -2.36. The number of hydrogen-bond donors (Lipinski definition) is 1. The van der Waals surface area contributed by atoms with Gasteiger partial charge in [-0.2, -0.15) is 0 Å². The minimum Gasteiger partial charge on any atom is -0.391 e. The number of aliphatic hydroxyl groups is 1. The molecule has 1 aromatic carbocycles. The molecular formula is C14H18BrNO2. The molecule has 2 rings (SSSR count). The van der Waals surface area contributed by atoms with Crippen LogP contribution >= 0.6 is 15.9 Å². The Morgan fingerprint density at radius 2 is 2.11 bits per heavy atom. The molecular weight excluding hydrogens is 294 g/mol. The minimum absolute atomic E-state index is 0.174. The zero-order chi connectivity index (χ0) is 13.1. The second-order valence-corrected chi connectivity index (χ2v) is 5.71. The Kier molecular flexibility index (Phi) is 4.40. The number of nitrogens with zero attached hydrogens (tertiary/aromatic N) is 1. The number of carbonyl (C=O) groups is 1. The molecule has 4 heteroatoms. The van der Waals surface area contributed by atoms with Crippen LogP contribution in [0.25, 0.3) is 0 Å². The Bertz CT molecular complexity index is 436. The number of likely N-dealkylation sites (N-methyl/N-ethyl adjacent to an activating group) is 1. The zero-order valence-electron chi connectivity index (χ0n) is 10.5. The summed E-state index contributed by atoms with van der Waals surface area (Å²) in [6.45, 7) is 0. The average Bonchev–Trinajstić information content (AvgIpc) is 2.38. The molecule has 0 bridgehead atoms. The Morgan fingerprint density at radius 3 is 2.72 bits per heavy atom. The average molecular weight is 312 g/mol. The van der Waals surface area contributed by atoms with Crippen molar-refractivity contribution in [1.29, 1.82) is 0 Å². The molecule has 18 heavy (non-hydrogen) atoms. The molecule has 0 aromatic heterocycles. The highest BCUT2D eigenvalue weighted by molar-refractivity contribution is 9.10. The number of aldehydes is 1. The van der Waals surface area contributed by atoms with Crippen molar-refractivity contribution in [2.24, 2.45) is 0 Å². The lowest BCUT2D eigenvalue weighted by atomic mass is 9.91. The van der Waals surface area contributed by atoms with E-state index < -0.39 is 0 Å². The lowest BCUT2D eigenvalue weighted by Crippen LogP contribution is -2.43. The highest BCUT2D eigenvalue weighted by Crippen LogP contribution is 2.29. The van der Waals surface area contributed by atoms with E-state index >= 15 is 0 Å². The molecule has 2 atom stereocenters. The van der Waals surface area contributed by atoms with Crippen molar-refractivity contribution >= 4 is 27.9 Å². The molecule has 0 radical (unpaired) electrons. The van der Waals surface area contributed by atoms with E-state index in [0.717, 1.165) is 35.7 Å². The Balaban J connectivity index is 2.19. The zero-order valence-corrected chi connectivity index (χ0v) is 12.1. The van der Waals surface area contributed by atoms with Gasteiger partial charge in [-0.1, -0.05) is 12.8 Å². The summed E-state index contributed by atoms with van der Waals surface area (Å²) in [5, 5.41) is 10.1. The quantitative estimate of drug-likeness (QED) is 0.872. The van der Waals surface area contributed by atoms with Crippen LogP contribution in [0.4, 0.5) is 5.69 Å². The molecule has 1 saturated carbocycles. The van der Waals surface area contributed by atoms with Gasteiger partial charge in [-0.3, -0.25) is 4.79 Å². The lowest BCUT2D eigenvalue weighted by molar-refractivity contribution is 0.106. The normalized spacial score (nSPS) is 23.7. The second-order valence-electron chi connectivity index (χ2n) is 4.85. The molecule has 0 saturated heterocycles. The van der Waals surface area contributed by atoms with Crippen molar-refractivity contribution in [2.45, 2.75) is 37.8 Å². The van der Waals surface area contributed by atoms with E-state index in [-0.39, 0.29) is 12.1 Å². The molecule has 0 aliphatic heterocycles. The van der Waals surface area contributed by atoms with E-state index in [0.29, 0.717) is 5.56 Å². The highest BCUT2D eigenvalue weighted by atomic mass is 79.9. The number of aliphatic hydroxyl groups excluding tert-OH is 1. The summed E-state index contributed by atoms with van der Waals surface area (Å²) in [5.74, 6) is 0. The van der Waals surface area contributed by atoms with Crippen LogP contribution in [0.2, 0.25) is 0 Å². The smallest absolute Gasteiger partial charge is 0.151 e. The third kappa shape index (κ3) is 2.75. The fraction of sp³-hybridized carbons (Fsp3) is 0.500. The van der Waals surface area contributed by atoms with Gasteiger partial charge in [0.05, 0.1) is 12.1 Å². The van der Waals surface area contributed by atoms with Gasteiger partial charge in [-0.15, -0.1) is 0 Å². The molecule has 0 amide bonds. The number of rotatable bonds is 3. The molecule has 1 aliphatic rings. The van der Waals surface area contributed by atoms with Crippen LogP contribution in [-0.4, -0.2) is 30.6 Å². The molecule has 0 spiro atoms. The van der Waals surface area contributed by atoms with Crippen LogP contribution in [-0.2, 0) is 0 Å². The van der Waals surface area contributed by atoms with Gasteiger partial charge in [0.15, 0.2) is 6.29 Å². The van der Waals surface area contributed by atoms with E-state index in [1.807, 2.05) is 19.2 Å². The number of carbonyl (C=O) groups excluding carboxylic acids is 1. The third-order valence-electron chi connectivity index (χ3n) is 3.71. The Morgan fingerprint density at radius 1 is 1.39 bits per heavy atom. The van der Waals surface area contributed by atoms with E-state index in [1.54, 1.807) is 6.07 Å². The summed E-state index contributed by atoms with van der Waals surface area (Å²) in [6.07, 6.45) is 4.75. The van der Waals surface area contributed by atoms with Gasteiger partial charge >= 0.3 is 0 Å². The van der Waals surface area contributed by atoms with Crippen LogP contribution in [0, 0.1) is 0 Å². The topological polar surface area (TPSA) is 40.5 Å². The molecule has 98 valence electrons. The van der Waals surface area contributed by atoms with Gasteiger partial charge in [0.2, 0.25) is 0 Å². The second kappa shape index (κ2) is 5.85. The van der Waals surface area contributed by atoms with Crippen molar-refractivity contribution < 1.29 is 9.90 Å². The first-order valence-corrected chi connectivity index (χ1v) is 7.08. The number of benzene rings is 1. The number of halogens is 1. The van der Waals surface area contributed by atoms with Crippen molar-refractivity contribution in [3.8, 4) is 0 Å². The predicted octanol–water partition coefficient (Wildman–Crippen LogP) is 3.00. The van der Waals surface area contributed by atoms with Crippen molar-refractivity contribution in [3.05, 3.63) is 28.2 Å². The summed E-state index contributed by atoms with van der Waals surface area (Å²) in [4.78, 5) is 12.9. The van der Waals surface area contributed by atoms with Crippen LogP contribution in [0.5, 0.6) is 0 Å². The van der Waals surface area contributed by atoms with Crippen LogP contribution in [0.15, 0.2) is 22.7 Å². The predicted molar refractivity (Wildman–Crippen MR) is 76.2 cm³/mol. The summed E-state index contributed by atoms with van der Waals surface area (Å²) in [5.41, 5.74) is 1.68. The van der Waals surface area contributed by atoms with Crippen LogP contribution in [0.3, 0.4) is 0 Å². The van der Waals surface area contributed by atoms with Crippen LogP contribution < -0.4 is 4.90 Å². The molecule has 1 aliphatic carbocycles. The fourth-order valence-electron chi connectivity index (χ4n) is 2.57. The SMILES string of the molecule is CN(c1ccc(C=O)c(Br)c1)C1CCCCC1O. The molecule has 1 fully saturated rings. The number of hydrogen-bond acceptors (Lipinski definition) is 3. The Hall–Kier alpha value is -0.870. The molecule has 2 unspecified atom stereocenters. The summed E-state index contributed by atoms with van der Waals surface area (Å²) < 4.78 is 0.798. The van der Waals surface area contributed by atoms with Gasteiger partial charge in [-0.25, -0.2) is 0 Å². The molecule has 1 aromatic rings.